The minimum absolute atomic E-state index is 0.0258. The Morgan fingerprint density at radius 2 is 1.95 bits per heavy atom. The van der Waals surface area contributed by atoms with E-state index in [9.17, 15) is 8.78 Å². The Morgan fingerprint density at radius 1 is 1.26 bits per heavy atom. The van der Waals surface area contributed by atoms with Crippen molar-refractivity contribution >= 4 is 11.6 Å². The summed E-state index contributed by atoms with van der Waals surface area (Å²) in [4.78, 5) is 3.89. The third-order valence-corrected chi connectivity index (χ3v) is 3.32. The van der Waals surface area contributed by atoms with Gasteiger partial charge in [0.2, 0.25) is 0 Å². The molecule has 0 fully saturated rings. The molecule has 0 saturated heterocycles. The van der Waals surface area contributed by atoms with Crippen molar-refractivity contribution in [2.24, 2.45) is 0 Å². The zero-order chi connectivity index (χ0) is 13.8. The van der Waals surface area contributed by atoms with Gasteiger partial charge in [0, 0.05) is 24.0 Å². The van der Waals surface area contributed by atoms with Gasteiger partial charge in [0.1, 0.15) is 11.6 Å². The molecular formula is C14H13ClF2N2. The molecule has 1 atom stereocenters. The molecule has 0 aliphatic carbocycles. The standard InChI is InChI=1S/C14H13ClF2N2/c1-18-13(7-9-5-6-19-8-10(9)15)14-11(16)3-2-4-12(14)17/h2-6,8,13,18H,7H2,1H3. The molecule has 2 nitrogen and oxygen atoms in total. The lowest BCUT2D eigenvalue weighted by Gasteiger charge is -2.18. The van der Waals surface area contributed by atoms with Crippen LogP contribution in [0.3, 0.4) is 0 Å². The number of nitrogens with zero attached hydrogens (tertiary/aromatic N) is 1. The van der Waals surface area contributed by atoms with Crippen molar-refractivity contribution in [3.8, 4) is 0 Å². The SMILES string of the molecule is CNC(Cc1ccncc1Cl)c1c(F)cccc1F. The van der Waals surface area contributed by atoms with E-state index >= 15 is 0 Å². The molecule has 1 aromatic carbocycles. The molecule has 100 valence electrons. The van der Waals surface area contributed by atoms with Crippen molar-refractivity contribution in [1.29, 1.82) is 0 Å². The number of halogens is 3. The Bertz CT molecular complexity index is 555. The van der Waals surface area contributed by atoms with Crippen LogP contribution in [0, 0.1) is 11.6 Å². The fourth-order valence-corrected chi connectivity index (χ4v) is 2.18. The van der Waals surface area contributed by atoms with E-state index in [1.54, 1.807) is 19.3 Å². The summed E-state index contributed by atoms with van der Waals surface area (Å²) in [6.07, 6.45) is 3.50. The molecule has 0 saturated carbocycles. The van der Waals surface area contributed by atoms with Gasteiger partial charge in [-0.05, 0) is 37.2 Å². The Morgan fingerprint density at radius 3 is 2.53 bits per heavy atom. The highest BCUT2D eigenvalue weighted by atomic mass is 35.5. The lowest BCUT2D eigenvalue weighted by molar-refractivity contribution is 0.489. The molecule has 0 spiro atoms. The molecule has 1 N–H and O–H groups in total. The van der Waals surface area contributed by atoms with Crippen LogP contribution in [0.25, 0.3) is 0 Å². The summed E-state index contributed by atoms with van der Waals surface area (Å²) in [5.41, 5.74) is 0.816. The first-order chi connectivity index (χ1) is 9.13. The average molecular weight is 283 g/mol. The lowest BCUT2D eigenvalue weighted by atomic mass is 9.98. The van der Waals surface area contributed by atoms with Gasteiger partial charge in [-0.1, -0.05) is 17.7 Å². The Kier molecular flexibility index (Phi) is 4.45. The van der Waals surface area contributed by atoms with E-state index in [0.717, 1.165) is 5.56 Å². The summed E-state index contributed by atoms with van der Waals surface area (Å²) in [6.45, 7) is 0. The number of pyridine rings is 1. The highest BCUT2D eigenvalue weighted by molar-refractivity contribution is 6.31. The minimum Gasteiger partial charge on any atom is -0.313 e. The van der Waals surface area contributed by atoms with Gasteiger partial charge in [0.25, 0.3) is 0 Å². The smallest absolute Gasteiger partial charge is 0.130 e. The predicted molar refractivity (Wildman–Crippen MR) is 71.1 cm³/mol. The largest absolute Gasteiger partial charge is 0.313 e. The van der Waals surface area contributed by atoms with Crippen LogP contribution in [-0.2, 0) is 6.42 Å². The third-order valence-electron chi connectivity index (χ3n) is 2.98. The van der Waals surface area contributed by atoms with Crippen LogP contribution < -0.4 is 5.32 Å². The first-order valence-corrected chi connectivity index (χ1v) is 6.21. The number of hydrogen-bond acceptors (Lipinski definition) is 2. The van der Waals surface area contributed by atoms with Crippen molar-refractivity contribution in [2.45, 2.75) is 12.5 Å². The maximum absolute atomic E-state index is 13.8. The van der Waals surface area contributed by atoms with Gasteiger partial charge >= 0.3 is 0 Å². The van der Waals surface area contributed by atoms with Gasteiger partial charge in [-0.2, -0.15) is 0 Å². The van der Waals surface area contributed by atoms with Gasteiger partial charge in [-0.3, -0.25) is 4.98 Å². The fourth-order valence-electron chi connectivity index (χ4n) is 1.98. The molecule has 2 rings (SSSR count). The number of benzene rings is 1. The summed E-state index contributed by atoms with van der Waals surface area (Å²) in [6, 6.07) is 5.10. The third kappa shape index (κ3) is 3.08. The molecule has 0 aliphatic heterocycles. The lowest BCUT2D eigenvalue weighted by Crippen LogP contribution is -2.21. The first-order valence-electron chi connectivity index (χ1n) is 5.83. The highest BCUT2D eigenvalue weighted by Gasteiger charge is 2.19. The van der Waals surface area contributed by atoms with E-state index in [1.165, 1.54) is 24.4 Å². The molecule has 5 heteroatoms. The molecule has 0 radical (unpaired) electrons. The van der Waals surface area contributed by atoms with Gasteiger partial charge in [-0.15, -0.1) is 0 Å². The molecule has 0 aliphatic rings. The van der Waals surface area contributed by atoms with Crippen molar-refractivity contribution in [3.05, 3.63) is 64.4 Å². The summed E-state index contributed by atoms with van der Waals surface area (Å²) < 4.78 is 27.5. The van der Waals surface area contributed by atoms with Gasteiger partial charge in [-0.25, -0.2) is 8.78 Å². The molecule has 1 heterocycles. The van der Waals surface area contributed by atoms with E-state index in [4.69, 9.17) is 11.6 Å². The minimum atomic E-state index is -0.565. The predicted octanol–water partition coefficient (Wildman–Crippen LogP) is 3.52. The zero-order valence-electron chi connectivity index (χ0n) is 10.3. The fraction of sp³-hybridized carbons (Fsp3) is 0.214. The monoisotopic (exact) mass is 282 g/mol. The van der Waals surface area contributed by atoms with Crippen molar-refractivity contribution in [3.63, 3.8) is 0 Å². The van der Waals surface area contributed by atoms with E-state index in [-0.39, 0.29) is 5.56 Å². The van der Waals surface area contributed by atoms with E-state index in [2.05, 4.69) is 10.3 Å². The van der Waals surface area contributed by atoms with Crippen molar-refractivity contribution in [2.75, 3.05) is 7.05 Å². The number of nitrogens with one attached hydrogen (secondary N) is 1. The quantitative estimate of drug-likeness (QED) is 0.928. The first kappa shape index (κ1) is 13.9. The topological polar surface area (TPSA) is 24.9 Å². The van der Waals surface area contributed by atoms with Gasteiger partial charge in [0.15, 0.2) is 0 Å². The second-order valence-electron chi connectivity index (χ2n) is 4.15. The number of likely N-dealkylation sites (N-methyl/N-ethyl adjacent to an activating group) is 1. The summed E-state index contributed by atoms with van der Waals surface area (Å²) in [7, 11) is 1.66. The normalized spacial score (nSPS) is 12.4. The van der Waals surface area contributed by atoms with Crippen LogP contribution in [0.15, 0.2) is 36.7 Å². The summed E-state index contributed by atoms with van der Waals surface area (Å²) in [5, 5.41) is 3.40. The molecular weight excluding hydrogens is 270 g/mol. The summed E-state index contributed by atoms with van der Waals surface area (Å²) in [5.74, 6) is -1.13. The van der Waals surface area contributed by atoms with Crippen LogP contribution >= 0.6 is 11.6 Å². The maximum atomic E-state index is 13.8. The number of aromatic nitrogens is 1. The molecule has 1 unspecified atom stereocenters. The number of hydrogen-bond donors (Lipinski definition) is 1. The van der Waals surface area contributed by atoms with Crippen LogP contribution in [0.4, 0.5) is 8.78 Å². The van der Waals surface area contributed by atoms with Crippen LogP contribution in [0.5, 0.6) is 0 Å². The second-order valence-corrected chi connectivity index (χ2v) is 4.56. The Labute approximate surface area is 115 Å². The zero-order valence-corrected chi connectivity index (χ0v) is 11.1. The Hall–Kier alpha value is -1.52. The Balaban J connectivity index is 2.34. The van der Waals surface area contributed by atoms with Gasteiger partial charge in [0.05, 0.1) is 5.02 Å². The van der Waals surface area contributed by atoms with E-state index < -0.39 is 17.7 Å². The molecule has 0 bridgehead atoms. The second kappa shape index (κ2) is 6.08. The molecule has 2 aromatic rings. The van der Waals surface area contributed by atoms with E-state index in [0.29, 0.717) is 11.4 Å². The average Bonchev–Trinajstić information content (AvgIpc) is 2.39. The van der Waals surface area contributed by atoms with Gasteiger partial charge < -0.3 is 5.32 Å². The summed E-state index contributed by atoms with van der Waals surface area (Å²) >= 11 is 6.01. The highest BCUT2D eigenvalue weighted by Crippen LogP contribution is 2.26. The van der Waals surface area contributed by atoms with Crippen LogP contribution in [0.2, 0.25) is 5.02 Å². The van der Waals surface area contributed by atoms with Crippen molar-refractivity contribution in [1.82, 2.24) is 10.3 Å². The molecule has 0 amide bonds. The maximum Gasteiger partial charge on any atom is 0.130 e. The number of rotatable bonds is 4. The van der Waals surface area contributed by atoms with Crippen molar-refractivity contribution < 1.29 is 8.78 Å². The molecule has 19 heavy (non-hydrogen) atoms. The molecule has 1 aromatic heterocycles. The van der Waals surface area contributed by atoms with E-state index in [1.807, 2.05) is 0 Å². The van der Waals surface area contributed by atoms with Crippen LogP contribution in [-0.4, -0.2) is 12.0 Å². The van der Waals surface area contributed by atoms with Crippen LogP contribution in [0.1, 0.15) is 17.2 Å².